The molecule has 0 saturated carbocycles. The molecule has 7 nitrogen and oxygen atoms in total. The van der Waals surface area contributed by atoms with Crippen molar-refractivity contribution in [3.8, 4) is 17.2 Å². The Kier molecular flexibility index (Phi) is 9.94. The molecule has 3 aromatic rings. The van der Waals surface area contributed by atoms with E-state index in [4.69, 9.17) is 18.9 Å². The first-order valence-corrected chi connectivity index (χ1v) is 13.0. The van der Waals surface area contributed by atoms with Crippen LogP contribution >= 0.6 is 0 Å². The molecule has 3 aromatic carbocycles. The number of carbonyl (C=O) groups excluding carboxylic acids is 2. The third kappa shape index (κ3) is 8.33. The second-order valence-corrected chi connectivity index (χ2v) is 8.94. The third-order valence-corrected chi connectivity index (χ3v) is 6.15. The van der Waals surface area contributed by atoms with Crippen LogP contribution in [-0.2, 0) is 20.7 Å². The van der Waals surface area contributed by atoms with Crippen LogP contribution in [0.15, 0.2) is 72.8 Å². The number of carbonyl (C=O) groups is 2. The van der Waals surface area contributed by atoms with E-state index in [-0.39, 0.29) is 37.6 Å². The zero-order valence-corrected chi connectivity index (χ0v) is 21.9. The largest absolute Gasteiger partial charge is 0.490 e. The smallest absolute Gasteiger partial charge is 0.331 e. The molecule has 1 aliphatic carbocycles. The lowest BCUT2D eigenvalue weighted by atomic mass is 9.88. The van der Waals surface area contributed by atoms with Crippen molar-refractivity contribution in [3.63, 3.8) is 0 Å². The molecular weight excluding hydrogens is 501 g/mol. The number of benzene rings is 3. The number of fused-ring (bicyclic) bond motifs is 1. The first-order chi connectivity index (χ1) is 19.0. The van der Waals surface area contributed by atoms with Crippen LogP contribution in [-0.4, -0.2) is 38.3 Å². The minimum Gasteiger partial charge on any atom is -0.490 e. The lowest BCUT2D eigenvalue weighted by Gasteiger charge is -2.26. The molecule has 1 atom stereocenters. The lowest BCUT2D eigenvalue weighted by molar-refractivity contribution is -0.144. The highest BCUT2D eigenvalue weighted by atomic mass is 19.1. The van der Waals surface area contributed by atoms with E-state index in [1.54, 1.807) is 36.4 Å². The van der Waals surface area contributed by atoms with E-state index >= 15 is 0 Å². The Balaban J connectivity index is 1.24. The Labute approximate surface area is 227 Å². The molecule has 0 bridgehead atoms. The van der Waals surface area contributed by atoms with Crippen LogP contribution in [0.3, 0.4) is 0 Å². The van der Waals surface area contributed by atoms with E-state index in [0.29, 0.717) is 29.4 Å². The van der Waals surface area contributed by atoms with E-state index in [2.05, 4.69) is 11.4 Å². The summed E-state index contributed by atoms with van der Waals surface area (Å²) in [6.07, 6.45) is 5.72. The van der Waals surface area contributed by atoms with Gasteiger partial charge in [0.2, 0.25) is 0 Å². The SMILES string of the molecule is CCOc1cc(C=CC(=O)OCC(=O)NC2CCCc3ccccc32)ccc1OCCOc1ccc(F)cc1. The maximum atomic E-state index is 13.0. The molecule has 1 amide bonds. The molecule has 4 rings (SSSR count). The van der Waals surface area contributed by atoms with Crippen molar-refractivity contribution in [3.05, 3.63) is 95.3 Å². The number of nitrogens with one attached hydrogen (secondary N) is 1. The van der Waals surface area contributed by atoms with Gasteiger partial charge in [0, 0.05) is 6.08 Å². The highest BCUT2D eigenvalue weighted by molar-refractivity contribution is 5.89. The topological polar surface area (TPSA) is 83.1 Å². The second kappa shape index (κ2) is 14.0. The summed E-state index contributed by atoms with van der Waals surface area (Å²) < 4.78 is 35.1. The number of hydrogen-bond acceptors (Lipinski definition) is 6. The van der Waals surface area contributed by atoms with E-state index < -0.39 is 5.97 Å². The highest BCUT2D eigenvalue weighted by Crippen LogP contribution is 2.30. The number of amides is 1. The van der Waals surface area contributed by atoms with Gasteiger partial charge in [-0.15, -0.1) is 0 Å². The molecule has 204 valence electrons. The minimum absolute atomic E-state index is 0.0658. The summed E-state index contributed by atoms with van der Waals surface area (Å²) in [5.74, 6) is 0.317. The summed E-state index contributed by atoms with van der Waals surface area (Å²) in [4.78, 5) is 24.6. The summed E-state index contributed by atoms with van der Waals surface area (Å²) in [6, 6.07) is 19.0. The molecule has 0 spiro atoms. The molecule has 0 aromatic heterocycles. The molecule has 0 heterocycles. The Morgan fingerprint density at radius 3 is 2.59 bits per heavy atom. The molecule has 0 radical (unpaired) electrons. The lowest BCUT2D eigenvalue weighted by Crippen LogP contribution is -2.34. The van der Waals surface area contributed by atoms with Crippen LogP contribution in [0.1, 0.15) is 42.5 Å². The van der Waals surface area contributed by atoms with Crippen molar-refractivity contribution >= 4 is 18.0 Å². The van der Waals surface area contributed by atoms with Crippen molar-refractivity contribution in [1.82, 2.24) is 5.32 Å². The summed E-state index contributed by atoms with van der Waals surface area (Å²) in [5, 5.41) is 2.97. The van der Waals surface area contributed by atoms with Gasteiger partial charge in [-0.05, 0) is 85.4 Å². The summed E-state index contributed by atoms with van der Waals surface area (Å²) >= 11 is 0. The molecular formula is C31H32FNO6. The van der Waals surface area contributed by atoms with Gasteiger partial charge in [0.05, 0.1) is 12.6 Å². The first-order valence-electron chi connectivity index (χ1n) is 13.0. The zero-order valence-electron chi connectivity index (χ0n) is 21.9. The summed E-state index contributed by atoms with van der Waals surface area (Å²) in [5.41, 5.74) is 3.07. The number of ether oxygens (including phenoxy) is 4. The molecule has 1 N–H and O–H groups in total. The molecule has 0 fully saturated rings. The number of aryl methyl sites for hydroxylation is 1. The minimum atomic E-state index is -0.620. The maximum absolute atomic E-state index is 13.0. The second-order valence-electron chi connectivity index (χ2n) is 8.94. The van der Waals surface area contributed by atoms with Gasteiger partial charge >= 0.3 is 5.97 Å². The standard InChI is InChI=1S/C31H32FNO6/c1-2-36-29-20-22(10-16-28(29)38-19-18-37-25-14-12-24(32)13-15-25)11-17-31(35)39-21-30(34)33-27-9-5-7-23-6-3-4-8-26(23)27/h3-4,6,8,10-17,20,27H,2,5,7,9,18-19,21H2,1H3,(H,33,34). The van der Waals surface area contributed by atoms with Gasteiger partial charge in [0.15, 0.2) is 18.1 Å². The molecule has 1 unspecified atom stereocenters. The van der Waals surface area contributed by atoms with Gasteiger partial charge in [-0.25, -0.2) is 9.18 Å². The van der Waals surface area contributed by atoms with Gasteiger partial charge < -0.3 is 24.3 Å². The number of halogens is 1. The van der Waals surface area contributed by atoms with Gasteiger partial charge in [-0.2, -0.15) is 0 Å². The van der Waals surface area contributed by atoms with Crippen LogP contribution < -0.4 is 19.5 Å². The zero-order chi connectivity index (χ0) is 27.5. The number of esters is 1. The van der Waals surface area contributed by atoms with Crippen molar-refractivity contribution in [2.24, 2.45) is 0 Å². The predicted molar refractivity (Wildman–Crippen MR) is 145 cm³/mol. The Bertz CT molecular complexity index is 1290. The van der Waals surface area contributed by atoms with E-state index in [0.717, 1.165) is 24.8 Å². The van der Waals surface area contributed by atoms with Gasteiger partial charge in [0.1, 0.15) is 24.8 Å². The monoisotopic (exact) mass is 533 g/mol. The van der Waals surface area contributed by atoms with Gasteiger partial charge in [-0.1, -0.05) is 30.3 Å². The van der Waals surface area contributed by atoms with Crippen LogP contribution in [0.4, 0.5) is 4.39 Å². The maximum Gasteiger partial charge on any atom is 0.331 e. The van der Waals surface area contributed by atoms with Crippen molar-refractivity contribution in [2.45, 2.75) is 32.2 Å². The quantitative estimate of drug-likeness (QED) is 0.190. The van der Waals surface area contributed by atoms with Crippen LogP contribution in [0.2, 0.25) is 0 Å². The fraction of sp³-hybridized carbons (Fsp3) is 0.290. The Hall–Kier alpha value is -4.33. The molecule has 1 aliphatic rings. The van der Waals surface area contributed by atoms with Gasteiger partial charge in [0.25, 0.3) is 5.91 Å². The Morgan fingerprint density at radius 2 is 1.77 bits per heavy atom. The molecule has 8 heteroatoms. The van der Waals surface area contributed by atoms with Crippen LogP contribution in [0.5, 0.6) is 17.2 Å². The Morgan fingerprint density at radius 1 is 0.974 bits per heavy atom. The fourth-order valence-corrected chi connectivity index (χ4v) is 4.35. The molecule has 0 aliphatic heterocycles. The van der Waals surface area contributed by atoms with Gasteiger partial charge in [-0.3, -0.25) is 4.79 Å². The van der Waals surface area contributed by atoms with Crippen molar-refractivity contribution in [1.29, 1.82) is 0 Å². The average molecular weight is 534 g/mol. The fourth-order valence-electron chi connectivity index (χ4n) is 4.35. The summed E-state index contributed by atoms with van der Waals surface area (Å²) in [7, 11) is 0. The van der Waals surface area contributed by atoms with Crippen LogP contribution in [0, 0.1) is 5.82 Å². The predicted octanol–water partition coefficient (Wildman–Crippen LogP) is 5.43. The number of rotatable bonds is 12. The van der Waals surface area contributed by atoms with E-state index in [1.165, 1.54) is 23.8 Å². The summed E-state index contributed by atoms with van der Waals surface area (Å²) in [6.45, 7) is 2.47. The first kappa shape index (κ1) is 27.7. The highest BCUT2D eigenvalue weighted by Gasteiger charge is 2.21. The number of hydrogen-bond donors (Lipinski definition) is 1. The normalized spacial score (nSPS) is 14.4. The molecule has 39 heavy (non-hydrogen) atoms. The van der Waals surface area contributed by atoms with E-state index in [9.17, 15) is 14.0 Å². The van der Waals surface area contributed by atoms with Crippen molar-refractivity contribution in [2.75, 3.05) is 26.4 Å². The van der Waals surface area contributed by atoms with E-state index in [1.807, 2.05) is 25.1 Å². The van der Waals surface area contributed by atoms with Crippen molar-refractivity contribution < 1.29 is 32.9 Å². The third-order valence-electron chi connectivity index (χ3n) is 6.15. The average Bonchev–Trinajstić information content (AvgIpc) is 2.95. The molecule has 0 saturated heterocycles. The van der Waals surface area contributed by atoms with Crippen LogP contribution in [0.25, 0.3) is 6.08 Å².